The fourth-order valence-electron chi connectivity index (χ4n) is 4.15. The van der Waals surface area contributed by atoms with Crippen LogP contribution in [0.5, 0.6) is 0 Å². The molecule has 7 nitrogen and oxygen atoms in total. The van der Waals surface area contributed by atoms with Gasteiger partial charge in [0, 0.05) is 39.3 Å². The Bertz CT molecular complexity index is 755. The van der Waals surface area contributed by atoms with Gasteiger partial charge in [0.25, 0.3) is 0 Å². The first-order valence-electron chi connectivity index (χ1n) is 11.4. The molecule has 2 fully saturated rings. The minimum absolute atomic E-state index is 0.383. The molecule has 0 bridgehead atoms. The first kappa shape index (κ1) is 23.0. The first-order valence-corrected chi connectivity index (χ1v) is 12.8. The van der Waals surface area contributed by atoms with Crippen molar-refractivity contribution in [1.82, 2.24) is 19.8 Å². The van der Waals surface area contributed by atoms with Gasteiger partial charge in [-0.15, -0.1) is 0 Å². The summed E-state index contributed by atoms with van der Waals surface area (Å²) in [5.41, 5.74) is 0. The summed E-state index contributed by atoms with van der Waals surface area (Å²) >= 11 is 0. The van der Waals surface area contributed by atoms with Crippen LogP contribution in [0.15, 0.2) is 40.2 Å². The van der Waals surface area contributed by atoms with Gasteiger partial charge in [-0.1, -0.05) is 24.6 Å². The molecule has 0 amide bonds. The second-order valence-electron chi connectivity index (χ2n) is 8.21. The van der Waals surface area contributed by atoms with E-state index in [1.165, 1.54) is 32.4 Å². The lowest BCUT2D eigenvalue weighted by molar-refractivity contribution is 0.232. The zero-order chi connectivity index (χ0) is 21.2. The van der Waals surface area contributed by atoms with Gasteiger partial charge in [-0.2, -0.15) is 4.31 Å². The molecule has 2 saturated heterocycles. The third kappa shape index (κ3) is 6.68. The molecule has 1 aromatic carbocycles. The molecule has 0 aromatic heterocycles. The van der Waals surface area contributed by atoms with Gasteiger partial charge in [0.05, 0.1) is 4.90 Å². The normalized spacial score (nSPS) is 20.2. The number of piperidine rings is 2. The summed E-state index contributed by atoms with van der Waals surface area (Å²) in [4.78, 5) is 7.67. The Morgan fingerprint density at radius 3 is 2.40 bits per heavy atom. The SMILES string of the molecule is CCNC(=NCC1CCN(S(=O)(=O)c2ccccc2)CC1)NCCN1CCCCC1. The Labute approximate surface area is 182 Å². The van der Waals surface area contributed by atoms with E-state index < -0.39 is 10.0 Å². The molecule has 30 heavy (non-hydrogen) atoms. The van der Waals surface area contributed by atoms with Crippen LogP contribution in [-0.4, -0.2) is 75.9 Å². The number of hydrogen-bond donors (Lipinski definition) is 2. The minimum atomic E-state index is -3.38. The van der Waals surface area contributed by atoms with Gasteiger partial charge in [-0.25, -0.2) is 8.42 Å². The predicted octanol–water partition coefficient (Wildman–Crippen LogP) is 2.13. The van der Waals surface area contributed by atoms with E-state index in [0.29, 0.717) is 23.9 Å². The smallest absolute Gasteiger partial charge is 0.243 e. The highest BCUT2D eigenvalue weighted by molar-refractivity contribution is 7.89. The zero-order valence-electron chi connectivity index (χ0n) is 18.2. The van der Waals surface area contributed by atoms with E-state index in [9.17, 15) is 8.42 Å². The largest absolute Gasteiger partial charge is 0.357 e. The molecule has 2 aliphatic rings. The predicted molar refractivity (Wildman–Crippen MR) is 122 cm³/mol. The van der Waals surface area contributed by atoms with Crippen LogP contribution >= 0.6 is 0 Å². The molecule has 8 heteroatoms. The molecule has 0 aliphatic carbocycles. The first-order chi connectivity index (χ1) is 14.6. The van der Waals surface area contributed by atoms with E-state index in [2.05, 4.69) is 22.5 Å². The van der Waals surface area contributed by atoms with Gasteiger partial charge in [0.2, 0.25) is 10.0 Å². The highest BCUT2D eigenvalue weighted by atomic mass is 32.2. The van der Waals surface area contributed by atoms with Crippen molar-refractivity contribution in [2.75, 3.05) is 52.4 Å². The average Bonchev–Trinajstić information content (AvgIpc) is 2.79. The monoisotopic (exact) mass is 435 g/mol. The van der Waals surface area contributed by atoms with Crippen molar-refractivity contribution in [1.29, 1.82) is 0 Å². The van der Waals surface area contributed by atoms with Gasteiger partial charge in [0.1, 0.15) is 0 Å². The number of hydrogen-bond acceptors (Lipinski definition) is 4. The topological polar surface area (TPSA) is 77.0 Å². The number of guanidine groups is 1. The van der Waals surface area contributed by atoms with Crippen LogP contribution in [0.2, 0.25) is 0 Å². The lowest BCUT2D eigenvalue weighted by atomic mass is 9.98. The fourth-order valence-corrected chi connectivity index (χ4v) is 5.64. The van der Waals surface area contributed by atoms with Crippen LogP contribution in [0.3, 0.4) is 0 Å². The fraction of sp³-hybridized carbons (Fsp3) is 0.682. The Morgan fingerprint density at radius 1 is 1.03 bits per heavy atom. The van der Waals surface area contributed by atoms with E-state index in [-0.39, 0.29) is 0 Å². The number of benzene rings is 1. The number of nitrogens with one attached hydrogen (secondary N) is 2. The summed E-state index contributed by atoms with van der Waals surface area (Å²) in [6, 6.07) is 8.73. The zero-order valence-corrected chi connectivity index (χ0v) is 19.0. The Hall–Kier alpha value is -1.64. The van der Waals surface area contributed by atoms with E-state index in [0.717, 1.165) is 45.0 Å². The second kappa shape index (κ2) is 11.7. The molecule has 0 unspecified atom stereocenters. The Balaban J connectivity index is 1.44. The van der Waals surface area contributed by atoms with Crippen molar-refractivity contribution in [2.24, 2.45) is 10.9 Å². The Morgan fingerprint density at radius 2 is 1.73 bits per heavy atom. The highest BCUT2D eigenvalue weighted by Gasteiger charge is 2.29. The van der Waals surface area contributed by atoms with E-state index in [1.54, 1.807) is 28.6 Å². The van der Waals surface area contributed by atoms with Gasteiger partial charge in [-0.05, 0) is 63.7 Å². The van der Waals surface area contributed by atoms with Crippen LogP contribution in [0.4, 0.5) is 0 Å². The van der Waals surface area contributed by atoms with Gasteiger partial charge in [0.15, 0.2) is 5.96 Å². The van der Waals surface area contributed by atoms with Crippen molar-refractivity contribution in [3.8, 4) is 0 Å². The summed E-state index contributed by atoms with van der Waals surface area (Å²) in [7, 11) is -3.38. The molecular weight excluding hydrogens is 398 g/mol. The maximum Gasteiger partial charge on any atom is 0.243 e. The number of likely N-dealkylation sites (tertiary alicyclic amines) is 1. The van der Waals surface area contributed by atoms with Gasteiger partial charge < -0.3 is 15.5 Å². The molecule has 3 rings (SSSR count). The quantitative estimate of drug-likeness (QED) is 0.483. The van der Waals surface area contributed by atoms with E-state index in [4.69, 9.17) is 4.99 Å². The van der Waals surface area contributed by atoms with Crippen LogP contribution in [0.1, 0.15) is 39.0 Å². The van der Waals surface area contributed by atoms with E-state index >= 15 is 0 Å². The lowest BCUT2D eigenvalue weighted by Gasteiger charge is -2.30. The number of aliphatic imine (C=N–C) groups is 1. The molecular formula is C22H37N5O2S. The second-order valence-corrected chi connectivity index (χ2v) is 10.1. The highest BCUT2D eigenvalue weighted by Crippen LogP contribution is 2.23. The molecule has 2 heterocycles. The molecule has 0 radical (unpaired) electrons. The molecule has 168 valence electrons. The van der Waals surface area contributed by atoms with Crippen molar-refractivity contribution in [3.05, 3.63) is 30.3 Å². The third-order valence-corrected chi connectivity index (χ3v) is 7.89. The standard InChI is InChI=1S/C22H37N5O2S/c1-2-23-22(24-13-18-26-14-7-4-8-15-26)25-19-20-11-16-27(17-12-20)30(28,29)21-9-5-3-6-10-21/h3,5-6,9-10,20H,2,4,7-8,11-19H2,1H3,(H2,23,24,25). The molecule has 0 saturated carbocycles. The number of sulfonamides is 1. The summed E-state index contributed by atoms with van der Waals surface area (Å²) in [5.74, 6) is 1.29. The summed E-state index contributed by atoms with van der Waals surface area (Å²) in [6.45, 7) is 9.16. The van der Waals surface area contributed by atoms with Gasteiger partial charge in [-0.3, -0.25) is 4.99 Å². The summed E-state index contributed by atoms with van der Waals surface area (Å²) < 4.78 is 27.2. The maximum absolute atomic E-state index is 12.8. The van der Waals surface area contributed by atoms with Gasteiger partial charge >= 0.3 is 0 Å². The number of rotatable bonds is 8. The third-order valence-electron chi connectivity index (χ3n) is 5.98. The molecule has 2 aliphatic heterocycles. The number of nitrogens with zero attached hydrogens (tertiary/aromatic N) is 3. The van der Waals surface area contributed by atoms with Crippen LogP contribution in [0, 0.1) is 5.92 Å². The van der Waals surface area contributed by atoms with Crippen LogP contribution < -0.4 is 10.6 Å². The van der Waals surface area contributed by atoms with E-state index in [1.807, 2.05) is 6.07 Å². The maximum atomic E-state index is 12.8. The molecule has 0 atom stereocenters. The van der Waals surface area contributed by atoms with Crippen molar-refractivity contribution in [3.63, 3.8) is 0 Å². The average molecular weight is 436 g/mol. The van der Waals surface area contributed by atoms with Crippen LogP contribution in [-0.2, 0) is 10.0 Å². The minimum Gasteiger partial charge on any atom is -0.357 e. The molecule has 1 aromatic rings. The van der Waals surface area contributed by atoms with Crippen molar-refractivity contribution in [2.45, 2.75) is 43.9 Å². The lowest BCUT2D eigenvalue weighted by Crippen LogP contribution is -2.43. The molecule has 2 N–H and O–H groups in total. The Kier molecular flexibility index (Phi) is 8.96. The summed E-state index contributed by atoms with van der Waals surface area (Å²) in [5, 5.41) is 6.78. The summed E-state index contributed by atoms with van der Waals surface area (Å²) in [6.07, 6.45) is 5.69. The van der Waals surface area contributed by atoms with Crippen molar-refractivity contribution < 1.29 is 8.42 Å². The molecule has 0 spiro atoms. The van der Waals surface area contributed by atoms with Crippen LogP contribution in [0.25, 0.3) is 0 Å². The van der Waals surface area contributed by atoms with Crippen molar-refractivity contribution >= 4 is 16.0 Å².